The van der Waals surface area contributed by atoms with E-state index in [4.69, 9.17) is 14.6 Å². The summed E-state index contributed by atoms with van der Waals surface area (Å²) in [5, 5.41) is 28.5. The quantitative estimate of drug-likeness (QED) is 0.426. The first-order valence-electron chi connectivity index (χ1n) is 9.40. The molecule has 5 heteroatoms. The van der Waals surface area contributed by atoms with Crippen molar-refractivity contribution in [2.45, 2.75) is 95.5 Å². The predicted octanol–water partition coefficient (Wildman–Crippen LogP) is 2.41. The van der Waals surface area contributed by atoms with Gasteiger partial charge in [0.2, 0.25) is 0 Å². The molecular formula is C18H36O5. The predicted molar refractivity (Wildman–Crippen MR) is 90.4 cm³/mol. The fraction of sp³-hybridized carbons (Fsp3) is 1.00. The number of aliphatic hydroxyl groups excluding tert-OH is 3. The lowest BCUT2D eigenvalue weighted by molar-refractivity contribution is -0.0938. The van der Waals surface area contributed by atoms with E-state index in [0.717, 1.165) is 12.8 Å². The SMILES string of the molecule is CCCCCCCCCCCCO[C@@H]1[C@H]([C@@H](O)CO)OC[C@H]1O. The summed E-state index contributed by atoms with van der Waals surface area (Å²) in [5.41, 5.74) is 0. The molecule has 1 saturated heterocycles. The van der Waals surface area contributed by atoms with Crippen LogP contribution in [0.15, 0.2) is 0 Å². The van der Waals surface area contributed by atoms with Gasteiger partial charge in [-0.3, -0.25) is 0 Å². The van der Waals surface area contributed by atoms with Gasteiger partial charge in [0.15, 0.2) is 0 Å². The molecular weight excluding hydrogens is 296 g/mol. The molecule has 0 bridgehead atoms. The van der Waals surface area contributed by atoms with Crippen LogP contribution < -0.4 is 0 Å². The van der Waals surface area contributed by atoms with Crippen LogP contribution in [0.4, 0.5) is 0 Å². The standard InChI is InChI=1S/C18H36O5/c1-2-3-4-5-6-7-8-9-10-11-12-22-18-16(21)14-23-17(18)15(20)13-19/h15-21H,2-14H2,1H3/t15-,16+,17-,18-/m0/s1. The van der Waals surface area contributed by atoms with Gasteiger partial charge in [0.25, 0.3) is 0 Å². The Morgan fingerprint density at radius 2 is 1.57 bits per heavy atom. The summed E-state index contributed by atoms with van der Waals surface area (Å²) in [4.78, 5) is 0. The lowest BCUT2D eigenvalue weighted by Crippen LogP contribution is -2.42. The minimum atomic E-state index is -0.996. The third-order valence-corrected chi connectivity index (χ3v) is 4.54. The Morgan fingerprint density at radius 1 is 1.00 bits per heavy atom. The van der Waals surface area contributed by atoms with Gasteiger partial charge in [0.05, 0.1) is 13.2 Å². The topological polar surface area (TPSA) is 79.2 Å². The van der Waals surface area contributed by atoms with Crippen molar-refractivity contribution in [3.8, 4) is 0 Å². The van der Waals surface area contributed by atoms with Gasteiger partial charge in [-0.05, 0) is 6.42 Å². The van der Waals surface area contributed by atoms with E-state index in [-0.39, 0.29) is 13.2 Å². The maximum Gasteiger partial charge on any atom is 0.114 e. The Balaban J connectivity index is 1.97. The van der Waals surface area contributed by atoms with Gasteiger partial charge >= 0.3 is 0 Å². The van der Waals surface area contributed by atoms with Crippen LogP contribution in [-0.2, 0) is 9.47 Å². The molecule has 0 aromatic carbocycles. The molecule has 0 amide bonds. The lowest BCUT2D eigenvalue weighted by Gasteiger charge is -2.23. The summed E-state index contributed by atoms with van der Waals surface area (Å²) in [6.07, 6.45) is 9.80. The first kappa shape index (κ1) is 20.8. The molecule has 138 valence electrons. The van der Waals surface area contributed by atoms with E-state index in [2.05, 4.69) is 6.92 Å². The molecule has 4 atom stereocenters. The third kappa shape index (κ3) is 8.45. The van der Waals surface area contributed by atoms with Gasteiger partial charge in [-0.1, -0.05) is 64.7 Å². The number of ether oxygens (including phenoxy) is 2. The first-order valence-corrected chi connectivity index (χ1v) is 9.40. The summed E-state index contributed by atoms with van der Waals surface area (Å²) >= 11 is 0. The number of aliphatic hydroxyl groups is 3. The molecule has 1 fully saturated rings. The molecule has 1 rings (SSSR count). The Bertz CT molecular complexity index is 274. The molecule has 23 heavy (non-hydrogen) atoms. The van der Waals surface area contributed by atoms with Crippen molar-refractivity contribution in [2.75, 3.05) is 19.8 Å². The highest BCUT2D eigenvalue weighted by Gasteiger charge is 2.40. The van der Waals surface area contributed by atoms with Gasteiger partial charge in [-0.2, -0.15) is 0 Å². The maximum absolute atomic E-state index is 9.82. The second kappa shape index (κ2) is 13.1. The van der Waals surface area contributed by atoms with Crippen LogP contribution in [0.5, 0.6) is 0 Å². The van der Waals surface area contributed by atoms with Crippen LogP contribution in [0.1, 0.15) is 71.1 Å². The van der Waals surface area contributed by atoms with Crippen LogP contribution in [0.25, 0.3) is 0 Å². The zero-order valence-electron chi connectivity index (χ0n) is 14.7. The largest absolute Gasteiger partial charge is 0.394 e. The van der Waals surface area contributed by atoms with Gasteiger partial charge in [0.1, 0.15) is 24.4 Å². The van der Waals surface area contributed by atoms with E-state index in [9.17, 15) is 10.2 Å². The van der Waals surface area contributed by atoms with Crippen molar-refractivity contribution < 1.29 is 24.8 Å². The van der Waals surface area contributed by atoms with E-state index in [1.54, 1.807) is 0 Å². The summed E-state index contributed by atoms with van der Waals surface area (Å²) in [6, 6.07) is 0. The molecule has 0 spiro atoms. The molecule has 1 heterocycles. The summed E-state index contributed by atoms with van der Waals surface area (Å²) in [6.45, 7) is 2.58. The molecule has 0 aromatic rings. The van der Waals surface area contributed by atoms with Crippen LogP contribution in [0.3, 0.4) is 0 Å². The van der Waals surface area contributed by atoms with E-state index in [1.165, 1.54) is 51.4 Å². The second-order valence-electron chi connectivity index (χ2n) is 6.63. The summed E-state index contributed by atoms with van der Waals surface area (Å²) in [7, 11) is 0. The van der Waals surface area contributed by atoms with E-state index in [1.807, 2.05) is 0 Å². The number of rotatable bonds is 14. The number of hydrogen-bond acceptors (Lipinski definition) is 5. The monoisotopic (exact) mass is 332 g/mol. The van der Waals surface area contributed by atoms with Crippen molar-refractivity contribution in [2.24, 2.45) is 0 Å². The zero-order chi connectivity index (χ0) is 16.9. The van der Waals surface area contributed by atoms with Crippen LogP contribution in [0, 0.1) is 0 Å². The summed E-state index contributed by atoms with van der Waals surface area (Å²) in [5.74, 6) is 0. The van der Waals surface area contributed by atoms with Gasteiger partial charge in [-0.25, -0.2) is 0 Å². The Labute approximate surface area is 141 Å². The lowest BCUT2D eigenvalue weighted by atomic mass is 10.1. The van der Waals surface area contributed by atoms with Crippen LogP contribution >= 0.6 is 0 Å². The normalized spacial score (nSPS) is 25.8. The fourth-order valence-electron chi connectivity index (χ4n) is 3.07. The average molecular weight is 332 g/mol. The molecule has 0 aromatic heterocycles. The molecule has 1 aliphatic rings. The molecule has 3 N–H and O–H groups in total. The average Bonchev–Trinajstić information content (AvgIpc) is 2.93. The maximum atomic E-state index is 9.82. The molecule has 0 saturated carbocycles. The molecule has 1 aliphatic heterocycles. The molecule has 0 unspecified atom stereocenters. The first-order chi connectivity index (χ1) is 11.2. The highest BCUT2D eigenvalue weighted by atomic mass is 16.6. The Hall–Kier alpha value is -0.200. The van der Waals surface area contributed by atoms with Crippen molar-refractivity contribution in [1.82, 2.24) is 0 Å². The fourth-order valence-corrected chi connectivity index (χ4v) is 3.07. The minimum absolute atomic E-state index is 0.157. The van der Waals surface area contributed by atoms with E-state index >= 15 is 0 Å². The molecule has 5 nitrogen and oxygen atoms in total. The number of unbranched alkanes of at least 4 members (excludes halogenated alkanes) is 9. The highest BCUT2D eigenvalue weighted by Crippen LogP contribution is 2.21. The molecule has 0 aliphatic carbocycles. The van der Waals surface area contributed by atoms with Gasteiger partial charge in [0, 0.05) is 6.61 Å². The van der Waals surface area contributed by atoms with Gasteiger partial charge < -0.3 is 24.8 Å². The van der Waals surface area contributed by atoms with Gasteiger partial charge in [-0.15, -0.1) is 0 Å². The van der Waals surface area contributed by atoms with Crippen molar-refractivity contribution in [1.29, 1.82) is 0 Å². The minimum Gasteiger partial charge on any atom is -0.394 e. The smallest absolute Gasteiger partial charge is 0.114 e. The van der Waals surface area contributed by atoms with Crippen molar-refractivity contribution in [3.63, 3.8) is 0 Å². The van der Waals surface area contributed by atoms with Crippen LogP contribution in [0.2, 0.25) is 0 Å². The van der Waals surface area contributed by atoms with Crippen LogP contribution in [-0.4, -0.2) is 59.6 Å². The van der Waals surface area contributed by atoms with Crippen molar-refractivity contribution >= 4 is 0 Å². The van der Waals surface area contributed by atoms with E-state index in [0.29, 0.717) is 6.61 Å². The van der Waals surface area contributed by atoms with E-state index < -0.39 is 24.4 Å². The summed E-state index contributed by atoms with van der Waals surface area (Å²) < 4.78 is 11.0. The Kier molecular flexibility index (Phi) is 11.9. The Morgan fingerprint density at radius 3 is 2.13 bits per heavy atom. The highest BCUT2D eigenvalue weighted by molar-refractivity contribution is 4.89. The third-order valence-electron chi connectivity index (χ3n) is 4.54. The second-order valence-corrected chi connectivity index (χ2v) is 6.63. The molecule has 0 radical (unpaired) electrons. The number of hydrogen-bond donors (Lipinski definition) is 3. The zero-order valence-corrected chi connectivity index (χ0v) is 14.7. The van der Waals surface area contributed by atoms with Crippen molar-refractivity contribution in [3.05, 3.63) is 0 Å².